The summed E-state index contributed by atoms with van der Waals surface area (Å²) < 4.78 is 0. The quantitative estimate of drug-likeness (QED) is 0.851. The molecule has 0 aromatic heterocycles. The van der Waals surface area contributed by atoms with Crippen molar-refractivity contribution in [2.45, 2.75) is 11.7 Å². The van der Waals surface area contributed by atoms with E-state index in [2.05, 4.69) is 15.6 Å². The topological polar surface area (TPSA) is 73.8 Å². The van der Waals surface area contributed by atoms with E-state index in [9.17, 15) is 9.59 Å². The Labute approximate surface area is 156 Å². The molecule has 1 fully saturated rings. The Morgan fingerprint density at radius 2 is 1.85 bits per heavy atom. The van der Waals surface area contributed by atoms with Crippen molar-refractivity contribution in [2.24, 2.45) is 4.99 Å². The van der Waals surface area contributed by atoms with Gasteiger partial charge in [0.1, 0.15) is 5.25 Å². The van der Waals surface area contributed by atoms with Crippen LogP contribution < -0.4 is 15.5 Å². The molecule has 1 unspecified atom stereocenters. The monoisotopic (exact) mass is 368 g/mol. The zero-order valence-corrected chi connectivity index (χ0v) is 15.4. The number of hydrogen-bond acceptors (Lipinski definition) is 5. The average Bonchev–Trinajstić information content (AvgIpc) is 2.95. The van der Waals surface area contributed by atoms with Crippen molar-refractivity contribution in [3.63, 3.8) is 0 Å². The second-order valence-electron chi connectivity index (χ2n) is 6.04. The summed E-state index contributed by atoms with van der Waals surface area (Å²) in [5.41, 5.74) is 2.55. The predicted octanol–water partition coefficient (Wildman–Crippen LogP) is 3.00. The molecule has 0 spiro atoms. The molecule has 134 valence electrons. The Morgan fingerprint density at radius 1 is 1.15 bits per heavy atom. The van der Waals surface area contributed by atoms with Gasteiger partial charge in [0.05, 0.1) is 5.69 Å². The minimum atomic E-state index is -0.474. The Bertz CT molecular complexity index is 819. The molecule has 1 saturated heterocycles. The van der Waals surface area contributed by atoms with Crippen LogP contribution in [-0.2, 0) is 9.59 Å². The minimum absolute atomic E-state index is 0.101. The summed E-state index contributed by atoms with van der Waals surface area (Å²) in [5, 5.41) is 5.58. The van der Waals surface area contributed by atoms with Crippen LogP contribution in [0, 0.1) is 0 Å². The van der Waals surface area contributed by atoms with Crippen LogP contribution in [-0.4, -0.2) is 36.3 Å². The normalized spacial score (nSPS) is 17.8. The third-order valence-electron chi connectivity index (χ3n) is 3.80. The van der Waals surface area contributed by atoms with Crippen molar-refractivity contribution in [2.75, 3.05) is 24.3 Å². The highest BCUT2D eigenvalue weighted by Crippen LogP contribution is 2.26. The average molecular weight is 368 g/mol. The zero-order valence-electron chi connectivity index (χ0n) is 14.6. The third-order valence-corrected chi connectivity index (χ3v) is 4.88. The van der Waals surface area contributed by atoms with Gasteiger partial charge >= 0.3 is 0 Å². The van der Waals surface area contributed by atoms with Crippen molar-refractivity contribution in [3.8, 4) is 0 Å². The Morgan fingerprint density at radius 3 is 2.50 bits per heavy atom. The van der Waals surface area contributed by atoms with Crippen LogP contribution >= 0.6 is 11.8 Å². The van der Waals surface area contributed by atoms with E-state index in [0.717, 1.165) is 17.1 Å². The van der Waals surface area contributed by atoms with E-state index in [-0.39, 0.29) is 18.2 Å². The van der Waals surface area contributed by atoms with Gasteiger partial charge in [-0.1, -0.05) is 30.0 Å². The first-order valence-electron chi connectivity index (χ1n) is 8.20. The predicted molar refractivity (Wildman–Crippen MR) is 107 cm³/mol. The van der Waals surface area contributed by atoms with Gasteiger partial charge in [0.25, 0.3) is 0 Å². The summed E-state index contributed by atoms with van der Waals surface area (Å²) in [5.74, 6) is -0.387. The van der Waals surface area contributed by atoms with E-state index in [0.29, 0.717) is 5.17 Å². The number of thioether (sulfide) groups is 1. The van der Waals surface area contributed by atoms with Gasteiger partial charge in [-0.2, -0.15) is 0 Å². The molecule has 0 aliphatic carbocycles. The van der Waals surface area contributed by atoms with Gasteiger partial charge in [-0.25, -0.2) is 4.99 Å². The van der Waals surface area contributed by atoms with Gasteiger partial charge in [0.15, 0.2) is 5.17 Å². The SMILES string of the molecule is CN(C)c1ccc(N=C2NC(=O)C(CC(=O)Nc3ccccc3)S2)cc1. The molecule has 2 aromatic carbocycles. The fraction of sp³-hybridized carbons (Fsp3) is 0.211. The highest BCUT2D eigenvalue weighted by Gasteiger charge is 2.32. The summed E-state index contributed by atoms with van der Waals surface area (Å²) >= 11 is 1.28. The molecule has 2 aromatic rings. The minimum Gasteiger partial charge on any atom is -0.378 e. The number of anilines is 2. The van der Waals surface area contributed by atoms with Crippen molar-refractivity contribution >= 4 is 45.8 Å². The summed E-state index contributed by atoms with van der Waals surface area (Å²) in [6.07, 6.45) is 0.101. The lowest BCUT2D eigenvalue weighted by Crippen LogP contribution is -2.28. The van der Waals surface area contributed by atoms with Crippen LogP contribution in [0.2, 0.25) is 0 Å². The number of para-hydroxylation sites is 1. The smallest absolute Gasteiger partial charge is 0.240 e. The lowest BCUT2D eigenvalue weighted by molar-refractivity contribution is -0.122. The highest BCUT2D eigenvalue weighted by molar-refractivity contribution is 8.15. The van der Waals surface area contributed by atoms with E-state index in [1.54, 1.807) is 0 Å². The van der Waals surface area contributed by atoms with Crippen LogP contribution in [0.1, 0.15) is 6.42 Å². The van der Waals surface area contributed by atoms with Crippen LogP contribution in [0.4, 0.5) is 17.1 Å². The van der Waals surface area contributed by atoms with Crippen LogP contribution in [0.5, 0.6) is 0 Å². The number of hydrogen-bond donors (Lipinski definition) is 2. The van der Waals surface area contributed by atoms with Crippen molar-refractivity contribution in [1.82, 2.24) is 5.32 Å². The summed E-state index contributed by atoms with van der Waals surface area (Å²) in [4.78, 5) is 30.7. The van der Waals surface area contributed by atoms with E-state index < -0.39 is 5.25 Å². The maximum absolute atomic E-state index is 12.1. The standard InChI is InChI=1S/C19H20N4O2S/c1-23(2)15-10-8-14(9-11-15)21-19-22-18(25)16(26-19)12-17(24)20-13-6-4-3-5-7-13/h3-11,16H,12H2,1-2H3,(H,20,24)(H,21,22,25). The van der Waals surface area contributed by atoms with Crippen LogP contribution in [0.15, 0.2) is 59.6 Å². The van der Waals surface area contributed by atoms with Gasteiger partial charge in [0, 0.05) is 31.9 Å². The lowest BCUT2D eigenvalue weighted by atomic mass is 10.2. The summed E-state index contributed by atoms with van der Waals surface area (Å²) in [6, 6.07) is 16.9. The third kappa shape index (κ3) is 4.64. The Balaban J connectivity index is 1.60. The molecule has 0 saturated carbocycles. The number of amides is 2. The summed E-state index contributed by atoms with van der Waals surface area (Å²) in [6.45, 7) is 0. The van der Waals surface area contributed by atoms with Gasteiger partial charge in [0.2, 0.25) is 11.8 Å². The number of benzene rings is 2. The molecule has 6 nitrogen and oxygen atoms in total. The maximum Gasteiger partial charge on any atom is 0.240 e. The molecular weight excluding hydrogens is 348 g/mol. The molecule has 2 amide bonds. The highest BCUT2D eigenvalue weighted by atomic mass is 32.2. The van der Waals surface area contributed by atoms with E-state index in [4.69, 9.17) is 0 Å². The van der Waals surface area contributed by atoms with Gasteiger partial charge in [-0.15, -0.1) is 0 Å². The summed E-state index contributed by atoms with van der Waals surface area (Å²) in [7, 11) is 3.94. The molecule has 0 radical (unpaired) electrons. The molecule has 1 aliphatic heterocycles. The molecule has 26 heavy (non-hydrogen) atoms. The number of nitrogens with zero attached hydrogens (tertiary/aromatic N) is 2. The molecular formula is C19H20N4O2S. The number of nitrogens with one attached hydrogen (secondary N) is 2. The molecule has 7 heteroatoms. The molecule has 0 bridgehead atoms. The maximum atomic E-state index is 12.1. The van der Waals surface area contributed by atoms with Crippen molar-refractivity contribution < 1.29 is 9.59 Å². The van der Waals surface area contributed by atoms with Crippen molar-refractivity contribution in [3.05, 3.63) is 54.6 Å². The molecule has 1 heterocycles. The second-order valence-corrected chi connectivity index (χ2v) is 7.23. The van der Waals surface area contributed by atoms with Crippen LogP contribution in [0.25, 0.3) is 0 Å². The van der Waals surface area contributed by atoms with Crippen molar-refractivity contribution in [1.29, 1.82) is 0 Å². The number of amidine groups is 1. The van der Waals surface area contributed by atoms with E-state index in [1.165, 1.54) is 11.8 Å². The Hall–Kier alpha value is -2.80. The largest absolute Gasteiger partial charge is 0.378 e. The van der Waals surface area contributed by atoms with Gasteiger partial charge < -0.3 is 15.5 Å². The van der Waals surface area contributed by atoms with Crippen LogP contribution in [0.3, 0.4) is 0 Å². The molecule has 1 atom stereocenters. The Kier molecular flexibility index (Phi) is 5.58. The molecule has 3 rings (SSSR count). The fourth-order valence-electron chi connectivity index (χ4n) is 2.44. The fourth-order valence-corrected chi connectivity index (χ4v) is 3.42. The molecule has 2 N–H and O–H groups in total. The lowest BCUT2D eigenvalue weighted by Gasteiger charge is -2.11. The number of carbonyl (C=O) groups excluding carboxylic acids is 2. The van der Waals surface area contributed by atoms with Gasteiger partial charge in [-0.05, 0) is 36.4 Å². The number of rotatable bonds is 5. The molecule has 1 aliphatic rings. The number of carbonyl (C=O) groups is 2. The van der Waals surface area contributed by atoms with E-state index in [1.807, 2.05) is 73.6 Å². The zero-order chi connectivity index (χ0) is 18.5. The van der Waals surface area contributed by atoms with Gasteiger partial charge in [-0.3, -0.25) is 9.59 Å². The first-order chi connectivity index (χ1) is 12.5. The number of aliphatic imine (C=N–C) groups is 1. The second kappa shape index (κ2) is 8.05. The first-order valence-corrected chi connectivity index (χ1v) is 9.08. The van der Waals surface area contributed by atoms with E-state index >= 15 is 0 Å². The first kappa shape index (κ1) is 18.0.